The molecule has 0 unspecified atom stereocenters. The normalized spacial score (nSPS) is 10.5. The molecule has 9 nitrogen and oxygen atoms in total. The number of carbonyl (C=O) groups is 2. The average molecular weight is 418 g/mol. The molecule has 0 aliphatic carbocycles. The summed E-state index contributed by atoms with van der Waals surface area (Å²) in [5.74, 6) is 4.09. The number of nitrogens with zero attached hydrogens (tertiary/aromatic N) is 3. The second-order valence-electron chi connectivity index (χ2n) is 4.99. The summed E-state index contributed by atoms with van der Waals surface area (Å²) in [5, 5.41) is 19.5. The lowest BCUT2D eigenvalue weighted by molar-refractivity contribution is -0.137. The first-order valence-corrected chi connectivity index (χ1v) is 8.84. The van der Waals surface area contributed by atoms with Crippen LogP contribution >= 0.6 is 35.0 Å². The van der Waals surface area contributed by atoms with Gasteiger partial charge < -0.3 is 16.3 Å². The van der Waals surface area contributed by atoms with Gasteiger partial charge in [0.05, 0.1) is 12.2 Å². The first kappa shape index (κ1) is 20.0. The van der Waals surface area contributed by atoms with Crippen LogP contribution in [-0.2, 0) is 16.0 Å². The monoisotopic (exact) mass is 417 g/mol. The van der Waals surface area contributed by atoms with Crippen molar-refractivity contribution in [3.05, 3.63) is 44.3 Å². The molecule has 0 fully saturated rings. The van der Waals surface area contributed by atoms with Crippen molar-refractivity contribution in [2.45, 2.75) is 18.0 Å². The third kappa shape index (κ3) is 5.61. The average Bonchev–Trinajstić information content (AvgIpc) is 2.54. The van der Waals surface area contributed by atoms with E-state index in [0.717, 1.165) is 16.4 Å². The number of thioether (sulfide) groups is 1. The molecule has 2 aromatic rings. The van der Waals surface area contributed by atoms with Gasteiger partial charge in [-0.3, -0.25) is 14.4 Å². The number of halogens is 2. The summed E-state index contributed by atoms with van der Waals surface area (Å²) in [6, 6.07) is 4.60. The lowest BCUT2D eigenvalue weighted by Crippen LogP contribution is -2.34. The van der Waals surface area contributed by atoms with Crippen LogP contribution in [0.15, 0.2) is 28.2 Å². The molecule has 0 aliphatic heterocycles. The quantitative estimate of drug-likeness (QED) is 0.453. The van der Waals surface area contributed by atoms with E-state index >= 15 is 0 Å². The number of amides is 1. The molecule has 1 aromatic heterocycles. The van der Waals surface area contributed by atoms with Crippen LogP contribution in [-0.4, -0.2) is 37.6 Å². The van der Waals surface area contributed by atoms with Gasteiger partial charge in [0.1, 0.15) is 5.69 Å². The highest BCUT2D eigenvalue weighted by molar-refractivity contribution is 7.99. The summed E-state index contributed by atoms with van der Waals surface area (Å²) in [6.45, 7) is 0. The fourth-order valence-corrected chi connectivity index (χ4v) is 3.03. The maximum absolute atomic E-state index is 12.0. The molecule has 4 N–H and O–H groups in total. The van der Waals surface area contributed by atoms with Crippen LogP contribution in [0.1, 0.15) is 12.1 Å². The highest BCUT2D eigenvalue weighted by Gasteiger charge is 2.14. The first-order valence-electron chi connectivity index (χ1n) is 7.10. The zero-order valence-corrected chi connectivity index (χ0v) is 15.4. The zero-order valence-electron chi connectivity index (χ0n) is 13.1. The fraction of sp³-hybridized carbons (Fsp3) is 0.214. The Kier molecular flexibility index (Phi) is 6.83. The highest BCUT2D eigenvalue weighted by Crippen LogP contribution is 2.22. The Balaban J connectivity index is 2.00. The van der Waals surface area contributed by atoms with Gasteiger partial charge in [-0.05, 0) is 18.2 Å². The topological polar surface area (TPSA) is 140 Å². The molecule has 0 saturated carbocycles. The first-order chi connectivity index (χ1) is 12.3. The van der Waals surface area contributed by atoms with Crippen molar-refractivity contribution in [3.8, 4) is 0 Å². The number of carbonyl (C=O) groups excluding carboxylic acids is 1. The third-order valence-electron chi connectivity index (χ3n) is 2.98. The standard InChI is InChI=1S/C14H13Cl2N5O4S/c15-7-3-8(16)5-9(4-7)18-11(22)6-26-14-20-19-10(1-2-12(23)24)13(25)21(14)17/h3-5H,1-2,6,17H2,(H,18,22)(H,23,24). The fourth-order valence-electron chi connectivity index (χ4n) is 1.85. The van der Waals surface area contributed by atoms with Crippen LogP contribution in [0.4, 0.5) is 5.69 Å². The second-order valence-corrected chi connectivity index (χ2v) is 6.81. The molecule has 12 heteroatoms. The lowest BCUT2D eigenvalue weighted by Gasteiger charge is -2.08. The van der Waals surface area contributed by atoms with E-state index in [4.69, 9.17) is 34.2 Å². The smallest absolute Gasteiger partial charge is 0.303 e. The van der Waals surface area contributed by atoms with Gasteiger partial charge in [0.15, 0.2) is 0 Å². The van der Waals surface area contributed by atoms with E-state index in [0.29, 0.717) is 15.7 Å². The maximum atomic E-state index is 12.0. The Morgan fingerprint density at radius 1 is 1.23 bits per heavy atom. The lowest BCUT2D eigenvalue weighted by atomic mass is 10.2. The van der Waals surface area contributed by atoms with E-state index in [9.17, 15) is 14.4 Å². The number of hydrogen-bond donors (Lipinski definition) is 3. The molecule has 1 aromatic carbocycles. The molecule has 0 atom stereocenters. The minimum atomic E-state index is -1.06. The number of aryl methyl sites for hydroxylation is 1. The minimum Gasteiger partial charge on any atom is -0.481 e. The molecule has 0 spiro atoms. The molecule has 26 heavy (non-hydrogen) atoms. The molecule has 0 radical (unpaired) electrons. The van der Waals surface area contributed by atoms with E-state index in [1.165, 1.54) is 18.2 Å². The Morgan fingerprint density at radius 3 is 2.50 bits per heavy atom. The maximum Gasteiger partial charge on any atom is 0.303 e. The van der Waals surface area contributed by atoms with Crippen molar-refractivity contribution >= 4 is 52.5 Å². The predicted molar refractivity (Wildman–Crippen MR) is 98.2 cm³/mol. The van der Waals surface area contributed by atoms with Gasteiger partial charge in [0, 0.05) is 22.2 Å². The van der Waals surface area contributed by atoms with Crippen molar-refractivity contribution < 1.29 is 14.7 Å². The molecule has 138 valence electrons. The molecule has 0 bridgehead atoms. The Morgan fingerprint density at radius 2 is 1.88 bits per heavy atom. The summed E-state index contributed by atoms with van der Waals surface area (Å²) < 4.78 is 0.735. The summed E-state index contributed by atoms with van der Waals surface area (Å²) in [6.07, 6.45) is -0.347. The number of nitrogens with one attached hydrogen (secondary N) is 1. The summed E-state index contributed by atoms with van der Waals surface area (Å²) >= 11 is 12.6. The number of aromatic nitrogens is 3. The largest absolute Gasteiger partial charge is 0.481 e. The summed E-state index contributed by atoms with van der Waals surface area (Å²) in [7, 11) is 0. The van der Waals surface area contributed by atoms with Gasteiger partial charge in [0.2, 0.25) is 11.1 Å². The van der Waals surface area contributed by atoms with Gasteiger partial charge in [-0.2, -0.15) is 4.68 Å². The molecular formula is C14H13Cl2N5O4S. The number of benzene rings is 1. The van der Waals surface area contributed by atoms with E-state index in [1.807, 2.05) is 0 Å². The van der Waals surface area contributed by atoms with Crippen LogP contribution < -0.4 is 16.7 Å². The van der Waals surface area contributed by atoms with Gasteiger partial charge in [0.25, 0.3) is 5.56 Å². The van der Waals surface area contributed by atoms with Crippen LogP contribution in [0.5, 0.6) is 0 Å². The second kappa shape index (κ2) is 8.88. The number of anilines is 1. The molecule has 0 aliphatic rings. The highest BCUT2D eigenvalue weighted by atomic mass is 35.5. The van der Waals surface area contributed by atoms with Crippen molar-refractivity contribution in [2.75, 3.05) is 16.9 Å². The third-order valence-corrected chi connectivity index (χ3v) is 4.36. The SMILES string of the molecule is Nn1c(SCC(=O)Nc2cc(Cl)cc(Cl)c2)nnc(CCC(=O)O)c1=O. The van der Waals surface area contributed by atoms with Crippen molar-refractivity contribution in [1.29, 1.82) is 0 Å². The molecule has 0 saturated heterocycles. The molecule has 2 rings (SSSR count). The van der Waals surface area contributed by atoms with Crippen LogP contribution in [0.25, 0.3) is 0 Å². The number of hydrogen-bond acceptors (Lipinski definition) is 7. The molecule has 1 heterocycles. The van der Waals surface area contributed by atoms with Crippen molar-refractivity contribution in [2.24, 2.45) is 0 Å². The van der Waals surface area contributed by atoms with E-state index in [2.05, 4.69) is 15.5 Å². The summed E-state index contributed by atoms with van der Waals surface area (Å²) in [4.78, 5) is 34.6. The molecule has 1 amide bonds. The zero-order chi connectivity index (χ0) is 19.3. The van der Waals surface area contributed by atoms with Crippen molar-refractivity contribution in [3.63, 3.8) is 0 Å². The van der Waals surface area contributed by atoms with Crippen LogP contribution in [0.3, 0.4) is 0 Å². The Hall–Kier alpha value is -2.30. The van der Waals surface area contributed by atoms with E-state index in [1.54, 1.807) is 0 Å². The Labute approximate surface area is 161 Å². The van der Waals surface area contributed by atoms with E-state index in [-0.39, 0.29) is 29.4 Å². The van der Waals surface area contributed by atoms with Crippen LogP contribution in [0, 0.1) is 0 Å². The van der Waals surface area contributed by atoms with Crippen molar-refractivity contribution in [1.82, 2.24) is 14.9 Å². The molecular weight excluding hydrogens is 405 g/mol. The van der Waals surface area contributed by atoms with E-state index < -0.39 is 17.4 Å². The Bertz CT molecular complexity index is 885. The van der Waals surface area contributed by atoms with Gasteiger partial charge in [-0.1, -0.05) is 35.0 Å². The number of rotatable bonds is 7. The van der Waals surface area contributed by atoms with Gasteiger partial charge in [-0.25, -0.2) is 0 Å². The number of carboxylic acid groups (broad SMARTS) is 1. The summed E-state index contributed by atoms with van der Waals surface area (Å²) in [5.41, 5.74) is -0.295. The number of aliphatic carboxylic acids is 1. The van der Waals surface area contributed by atoms with Crippen LogP contribution in [0.2, 0.25) is 10.0 Å². The number of nitrogens with two attached hydrogens (primary N) is 1. The predicted octanol–water partition coefficient (Wildman–Crippen LogP) is 1.41. The minimum absolute atomic E-state index is 0.0216. The number of carboxylic acids is 1. The van der Waals surface area contributed by atoms with Gasteiger partial charge >= 0.3 is 5.97 Å². The van der Waals surface area contributed by atoms with Gasteiger partial charge in [-0.15, -0.1) is 10.2 Å². The number of nitrogen functional groups attached to an aromatic ring is 1.